The molecule has 0 N–H and O–H groups in total. The van der Waals surface area contributed by atoms with Crippen molar-refractivity contribution < 1.29 is 9.53 Å². The van der Waals surface area contributed by atoms with E-state index >= 15 is 0 Å². The van der Waals surface area contributed by atoms with Gasteiger partial charge < -0.3 is 4.74 Å². The third-order valence-corrected chi connectivity index (χ3v) is 2.11. The van der Waals surface area contributed by atoms with Crippen LogP contribution >= 0.6 is 0 Å². The Morgan fingerprint density at radius 3 is 2.25 bits per heavy atom. The molecule has 0 amide bonds. The van der Waals surface area contributed by atoms with E-state index in [2.05, 4.69) is 0 Å². The summed E-state index contributed by atoms with van der Waals surface area (Å²) >= 11 is 0. The van der Waals surface area contributed by atoms with Crippen LogP contribution in [0.1, 0.15) is 40.5 Å². The maximum Gasteiger partial charge on any atom is 0.309 e. The lowest BCUT2D eigenvalue weighted by Crippen LogP contribution is -2.28. The van der Waals surface area contributed by atoms with Crippen LogP contribution in [-0.2, 0) is 9.53 Å². The van der Waals surface area contributed by atoms with Gasteiger partial charge in [-0.1, -0.05) is 6.92 Å². The van der Waals surface area contributed by atoms with Crippen molar-refractivity contribution in [1.82, 2.24) is 0 Å². The Bertz CT molecular complexity index is 175. The van der Waals surface area contributed by atoms with Crippen LogP contribution < -0.4 is 0 Å². The highest BCUT2D eigenvalue weighted by Gasteiger charge is 2.35. The summed E-state index contributed by atoms with van der Waals surface area (Å²) in [5, 5.41) is 0. The average molecular weight is 170 g/mol. The van der Waals surface area contributed by atoms with E-state index in [1.165, 1.54) is 12.8 Å². The van der Waals surface area contributed by atoms with Crippen molar-refractivity contribution in [3.05, 3.63) is 0 Å². The summed E-state index contributed by atoms with van der Waals surface area (Å²) in [6.07, 6.45) is 2.39. The highest BCUT2D eigenvalue weighted by molar-refractivity contribution is 5.73. The van der Waals surface area contributed by atoms with Gasteiger partial charge in [-0.05, 0) is 39.5 Å². The lowest BCUT2D eigenvalue weighted by atomic mass is 10.1. The van der Waals surface area contributed by atoms with Gasteiger partial charge in [0, 0.05) is 0 Å². The molecule has 1 aliphatic rings. The highest BCUT2D eigenvalue weighted by atomic mass is 16.6. The predicted molar refractivity (Wildman–Crippen MR) is 47.7 cm³/mol. The molecule has 0 aromatic rings. The molecule has 70 valence electrons. The molecule has 0 heterocycles. The summed E-state index contributed by atoms with van der Waals surface area (Å²) in [5.41, 5.74) is -0.333. The Balaban J connectivity index is 2.36. The van der Waals surface area contributed by atoms with Crippen LogP contribution in [0, 0.1) is 11.8 Å². The average Bonchev–Trinajstić information content (AvgIpc) is 2.62. The van der Waals surface area contributed by atoms with Crippen molar-refractivity contribution in [1.29, 1.82) is 0 Å². The fraction of sp³-hybridized carbons (Fsp3) is 0.900. The Hall–Kier alpha value is -0.530. The third-order valence-electron chi connectivity index (χ3n) is 2.11. The molecular formula is C10H18O2. The highest BCUT2D eigenvalue weighted by Crippen LogP contribution is 2.37. The van der Waals surface area contributed by atoms with Gasteiger partial charge in [-0.15, -0.1) is 0 Å². The number of esters is 1. The van der Waals surface area contributed by atoms with Gasteiger partial charge in [0.25, 0.3) is 0 Å². The number of rotatable bonds is 2. The zero-order valence-electron chi connectivity index (χ0n) is 8.39. The largest absolute Gasteiger partial charge is 0.460 e. The maximum atomic E-state index is 11.4. The van der Waals surface area contributed by atoms with Crippen LogP contribution in [0.4, 0.5) is 0 Å². The molecule has 2 nitrogen and oxygen atoms in total. The summed E-state index contributed by atoms with van der Waals surface area (Å²) in [6.45, 7) is 7.69. The topological polar surface area (TPSA) is 26.3 Å². The Morgan fingerprint density at radius 2 is 1.92 bits per heavy atom. The Labute approximate surface area is 74.3 Å². The second-order valence-corrected chi connectivity index (χ2v) is 4.66. The van der Waals surface area contributed by atoms with E-state index in [9.17, 15) is 4.79 Å². The summed E-state index contributed by atoms with van der Waals surface area (Å²) in [7, 11) is 0. The van der Waals surface area contributed by atoms with Gasteiger partial charge in [-0.2, -0.15) is 0 Å². The summed E-state index contributed by atoms with van der Waals surface area (Å²) in [6, 6.07) is 0. The minimum Gasteiger partial charge on any atom is -0.460 e. The van der Waals surface area contributed by atoms with Gasteiger partial charge in [0.05, 0.1) is 5.92 Å². The first-order chi connectivity index (χ1) is 5.40. The molecule has 1 saturated carbocycles. The van der Waals surface area contributed by atoms with Crippen LogP contribution in [0.15, 0.2) is 0 Å². The van der Waals surface area contributed by atoms with Crippen molar-refractivity contribution in [2.75, 3.05) is 0 Å². The van der Waals surface area contributed by atoms with E-state index in [0.717, 1.165) is 0 Å². The normalized spacial score (nSPS) is 20.3. The lowest BCUT2D eigenvalue weighted by molar-refractivity contribution is -0.160. The molecule has 1 fully saturated rings. The molecule has 0 saturated heterocycles. The van der Waals surface area contributed by atoms with Crippen molar-refractivity contribution in [3.63, 3.8) is 0 Å². The minimum absolute atomic E-state index is 0.0370. The zero-order valence-corrected chi connectivity index (χ0v) is 8.39. The van der Waals surface area contributed by atoms with Gasteiger partial charge in [0.15, 0.2) is 0 Å². The van der Waals surface area contributed by atoms with Crippen molar-refractivity contribution in [3.8, 4) is 0 Å². The van der Waals surface area contributed by atoms with Crippen molar-refractivity contribution >= 4 is 5.97 Å². The first-order valence-electron chi connectivity index (χ1n) is 4.63. The summed E-state index contributed by atoms with van der Waals surface area (Å²) < 4.78 is 5.26. The fourth-order valence-electron chi connectivity index (χ4n) is 1.18. The molecular weight excluding hydrogens is 152 g/mol. The molecule has 0 aromatic carbocycles. The molecule has 1 rings (SSSR count). The number of carbonyl (C=O) groups is 1. The monoisotopic (exact) mass is 170 g/mol. The second kappa shape index (κ2) is 3.08. The van der Waals surface area contributed by atoms with Crippen molar-refractivity contribution in [2.45, 2.75) is 46.1 Å². The van der Waals surface area contributed by atoms with E-state index in [0.29, 0.717) is 5.92 Å². The van der Waals surface area contributed by atoms with E-state index in [1.54, 1.807) is 0 Å². The van der Waals surface area contributed by atoms with Crippen LogP contribution in [0.3, 0.4) is 0 Å². The number of hydrogen-bond acceptors (Lipinski definition) is 2. The van der Waals surface area contributed by atoms with Gasteiger partial charge in [0.1, 0.15) is 5.60 Å². The van der Waals surface area contributed by atoms with E-state index in [4.69, 9.17) is 4.74 Å². The number of ether oxygens (including phenoxy) is 1. The second-order valence-electron chi connectivity index (χ2n) is 4.66. The zero-order chi connectivity index (χ0) is 9.35. The molecule has 0 spiro atoms. The molecule has 0 radical (unpaired) electrons. The van der Waals surface area contributed by atoms with Crippen LogP contribution in [0.5, 0.6) is 0 Å². The maximum absolute atomic E-state index is 11.4. The molecule has 1 atom stereocenters. The van der Waals surface area contributed by atoms with Crippen LogP contribution in [0.2, 0.25) is 0 Å². The molecule has 1 aliphatic carbocycles. The molecule has 0 aliphatic heterocycles. The van der Waals surface area contributed by atoms with Gasteiger partial charge in [-0.3, -0.25) is 4.79 Å². The molecule has 0 bridgehead atoms. The molecule has 2 heteroatoms. The smallest absolute Gasteiger partial charge is 0.309 e. The van der Waals surface area contributed by atoms with Gasteiger partial charge in [0.2, 0.25) is 0 Å². The van der Waals surface area contributed by atoms with E-state index in [1.807, 2.05) is 27.7 Å². The Morgan fingerprint density at radius 1 is 1.42 bits per heavy atom. The lowest BCUT2D eigenvalue weighted by Gasteiger charge is -2.22. The van der Waals surface area contributed by atoms with Gasteiger partial charge >= 0.3 is 5.97 Å². The van der Waals surface area contributed by atoms with E-state index in [-0.39, 0.29) is 17.5 Å². The van der Waals surface area contributed by atoms with Crippen LogP contribution in [-0.4, -0.2) is 11.6 Å². The minimum atomic E-state index is -0.333. The SMILES string of the molecule is CC(C(=O)OC(C)(C)C)C1CC1. The molecule has 0 aromatic heterocycles. The summed E-state index contributed by atoms with van der Waals surface area (Å²) in [5.74, 6) is 0.661. The standard InChI is InChI=1S/C10H18O2/c1-7(8-5-6-8)9(11)12-10(2,3)4/h7-8H,5-6H2,1-4H3. The van der Waals surface area contributed by atoms with Gasteiger partial charge in [-0.25, -0.2) is 0 Å². The Kier molecular flexibility index (Phi) is 2.45. The third kappa shape index (κ3) is 2.84. The van der Waals surface area contributed by atoms with Crippen molar-refractivity contribution in [2.24, 2.45) is 11.8 Å². The number of carbonyl (C=O) groups excluding carboxylic acids is 1. The predicted octanol–water partition coefficient (Wildman–Crippen LogP) is 2.37. The first-order valence-corrected chi connectivity index (χ1v) is 4.63. The summed E-state index contributed by atoms with van der Waals surface area (Å²) in [4.78, 5) is 11.4. The molecule has 1 unspecified atom stereocenters. The quantitative estimate of drug-likeness (QED) is 0.595. The first kappa shape index (κ1) is 9.56. The number of hydrogen-bond donors (Lipinski definition) is 0. The fourth-order valence-corrected chi connectivity index (χ4v) is 1.18. The van der Waals surface area contributed by atoms with Crippen LogP contribution in [0.25, 0.3) is 0 Å². The molecule has 12 heavy (non-hydrogen) atoms. The van der Waals surface area contributed by atoms with E-state index < -0.39 is 0 Å².